The predicted molar refractivity (Wildman–Crippen MR) is 98.0 cm³/mol. The summed E-state index contributed by atoms with van der Waals surface area (Å²) >= 11 is 9.23. The van der Waals surface area contributed by atoms with Crippen LogP contribution in [0.4, 0.5) is 0 Å². The molecule has 4 nitrogen and oxygen atoms in total. The lowest BCUT2D eigenvalue weighted by Gasteiger charge is -2.10. The van der Waals surface area contributed by atoms with Crippen LogP contribution in [-0.4, -0.2) is 29.5 Å². The first kappa shape index (κ1) is 16.5. The largest absolute Gasteiger partial charge is 0.383 e. The maximum atomic E-state index is 13.0. The lowest BCUT2D eigenvalue weighted by Crippen LogP contribution is -2.24. The summed E-state index contributed by atoms with van der Waals surface area (Å²) in [4.78, 5) is 18.4. The number of rotatable bonds is 5. The zero-order valence-corrected chi connectivity index (χ0v) is 15.1. The number of benzene rings is 1. The molecule has 0 fully saturated rings. The Hall–Kier alpha value is -1.34. The van der Waals surface area contributed by atoms with Gasteiger partial charge in [-0.3, -0.25) is 9.36 Å². The SMILES string of the molecule is COCCn1c(SC)nc2scc(-c3ccccc3Cl)c2c1=O. The molecule has 0 radical (unpaired) electrons. The van der Waals surface area contributed by atoms with E-state index in [1.807, 2.05) is 35.9 Å². The van der Waals surface area contributed by atoms with Gasteiger partial charge in [0.15, 0.2) is 5.16 Å². The Bertz CT molecular complexity index is 905. The van der Waals surface area contributed by atoms with E-state index in [9.17, 15) is 4.79 Å². The Balaban J connectivity index is 2.27. The van der Waals surface area contributed by atoms with Crippen molar-refractivity contribution in [3.8, 4) is 11.1 Å². The molecule has 120 valence electrons. The van der Waals surface area contributed by atoms with E-state index in [0.29, 0.717) is 28.7 Å². The molecular formula is C16H15ClN2O2S2. The van der Waals surface area contributed by atoms with Crippen molar-refractivity contribution in [3.05, 3.63) is 45.0 Å². The van der Waals surface area contributed by atoms with E-state index < -0.39 is 0 Å². The zero-order chi connectivity index (χ0) is 16.4. The molecule has 3 aromatic rings. The van der Waals surface area contributed by atoms with E-state index in [2.05, 4.69) is 4.98 Å². The van der Waals surface area contributed by atoms with Gasteiger partial charge in [0.25, 0.3) is 5.56 Å². The van der Waals surface area contributed by atoms with E-state index in [0.717, 1.165) is 16.0 Å². The third-order valence-electron chi connectivity index (χ3n) is 3.52. The van der Waals surface area contributed by atoms with Crippen molar-refractivity contribution in [2.45, 2.75) is 11.7 Å². The van der Waals surface area contributed by atoms with Gasteiger partial charge in [-0.15, -0.1) is 11.3 Å². The number of methoxy groups -OCH3 is 1. The summed E-state index contributed by atoms with van der Waals surface area (Å²) in [5.41, 5.74) is 1.65. The summed E-state index contributed by atoms with van der Waals surface area (Å²) in [5, 5.41) is 3.90. The number of hydrogen-bond donors (Lipinski definition) is 0. The fourth-order valence-electron chi connectivity index (χ4n) is 2.42. The number of aromatic nitrogens is 2. The Kier molecular flexibility index (Phi) is 5.06. The van der Waals surface area contributed by atoms with Gasteiger partial charge in [-0.2, -0.15) is 0 Å². The smallest absolute Gasteiger partial charge is 0.263 e. The molecule has 0 N–H and O–H groups in total. The van der Waals surface area contributed by atoms with Crippen LogP contribution in [0.15, 0.2) is 39.6 Å². The maximum Gasteiger partial charge on any atom is 0.263 e. The van der Waals surface area contributed by atoms with Crippen molar-refractivity contribution in [1.82, 2.24) is 9.55 Å². The fraction of sp³-hybridized carbons (Fsp3) is 0.250. The predicted octanol–water partition coefficient (Wildman–Crippen LogP) is 4.15. The average molecular weight is 367 g/mol. The van der Waals surface area contributed by atoms with Gasteiger partial charge in [0.1, 0.15) is 4.83 Å². The lowest BCUT2D eigenvalue weighted by atomic mass is 10.1. The summed E-state index contributed by atoms with van der Waals surface area (Å²) in [7, 11) is 1.62. The van der Waals surface area contributed by atoms with Crippen LogP contribution in [0.2, 0.25) is 5.02 Å². The first-order chi connectivity index (χ1) is 11.2. The van der Waals surface area contributed by atoms with Crippen molar-refractivity contribution in [1.29, 1.82) is 0 Å². The molecule has 0 aliphatic rings. The number of thioether (sulfide) groups is 1. The van der Waals surface area contributed by atoms with Crippen LogP contribution >= 0.6 is 34.7 Å². The van der Waals surface area contributed by atoms with Crippen molar-refractivity contribution >= 4 is 44.9 Å². The summed E-state index contributed by atoms with van der Waals surface area (Å²) in [6, 6.07) is 7.54. The van der Waals surface area contributed by atoms with Gasteiger partial charge in [-0.05, 0) is 12.3 Å². The molecule has 1 aromatic carbocycles. The summed E-state index contributed by atoms with van der Waals surface area (Å²) < 4.78 is 6.78. The minimum Gasteiger partial charge on any atom is -0.383 e. The van der Waals surface area contributed by atoms with E-state index in [1.54, 1.807) is 11.7 Å². The molecular weight excluding hydrogens is 352 g/mol. The Morgan fingerprint density at radius 3 is 2.83 bits per heavy atom. The van der Waals surface area contributed by atoms with Gasteiger partial charge < -0.3 is 4.74 Å². The molecule has 0 unspecified atom stereocenters. The molecule has 0 saturated heterocycles. The normalized spacial score (nSPS) is 11.3. The quantitative estimate of drug-likeness (QED) is 0.502. The Morgan fingerprint density at radius 2 is 2.13 bits per heavy atom. The molecule has 0 saturated carbocycles. The van der Waals surface area contributed by atoms with E-state index in [-0.39, 0.29) is 5.56 Å². The molecule has 0 amide bonds. The van der Waals surface area contributed by atoms with Gasteiger partial charge in [0.2, 0.25) is 0 Å². The first-order valence-electron chi connectivity index (χ1n) is 6.97. The molecule has 0 spiro atoms. The van der Waals surface area contributed by atoms with Crippen molar-refractivity contribution in [3.63, 3.8) is 0 Å². The number of thiophene rings is 1. The molecule has 0 aliphatic carbocycles. The van der Waals surface area contributed by atoms with Crippen molar-refractivity contribution < 1.29 is 4.74 Å². The highest BCUT2D eigenvalue weighted by Gasteiger charge is 2.17. The van der Waals surface area contributed by atoms with Gasteiger partial charge in [-0.25, -0.2) is 4.98 Å². The molecule has 0 atom stereocenters. The Labute approximate surface area is 147 Å². The monoisotopic (exact) mass is 366 g/mol. The van der Waals surface area contributed by atoms with E-state index in [4.69, 9.17) is 16.3 Å². The van der Waals surface area contributed by atoms with E-state index in [1.165, 1.54) is 23.1 Å². The van der Waals surface area contributed by atoms with Gasteiger partial charge >= 0.3 is 0 Å². The van der Waals surface area contributed by atoms with E-state index >= 15 is 0 Å². The lowest BCUT2D eigenvalue weighted by molar-refractivity contribution is 0.183. The van der Waals surface area contributed by atoms with Gasteiger partial charge in [0, 0.05) is 28.6 Å². The Morgan fingerprint density at radius 1 is 1.35 bits per heavy atom. The highest BCUT2D eigenvalue weighted by atomic mass is 35.5. The molecule has 0 aliphatic heterocycles. The van der Waals surface area contributed by atoms with Crippen molar-refractivity contribution in [2.24, 2.45) is 0 Å². The van der Waals surface area contributed by atoms with Gasteiger partial charge in [0.05, 0.1) is 18.5 Å². The molecule has 7 heteroatoms. The molecule has 0 bridgehead atoms. The van der Waals surface area contributed by atoms with Crippen LogP contribution < -0.4 is 5.56 Å². The number of halogens is 1. The van der Waals surface area contributed by atoms with Crippen LogP contribution in [-0.2, 0) is 11.3 Å². The molecule has 23 heavy (non-hydrogen) atoms. The number of hydrogen-bond acceptors (Lipinski definition) is 5. The zero-order valence-electron chi connectivity index (χ0n) is 12.7. The second-order valence-electron chi connectivity index (χ2n) is 4.86. The molecule has 3 rings (SSSR count). The van der Waals surface area contributed by atoms with Crippen LogP contribution in [0, 0.1) is 0 Å². The topological polar surface area (TPSA) is 44.1 Å². The third-order valence-corrected chi connectivity index (χ3v) is 5.40. The second kappa shape index (κ2) is 7.05. The van der Waals surface area contributed by atoms with Crippen molar-refractivity contribution in [2.75, 3.05) is 20.0 Å². The van der Waals surface area contributed by atoms with Gasteiger partial charge in [-0.1, -0.05) is 41.6 Å². The summed E-state index contributed by atoms with van der Waals surface area (Å²) in [6.45, 7) is 0.943. The number of ether oxygens (including phenoxy) is 1. The number of fused-ring (bicyclic) bond motifs is 1. The third kappa shape index (κ3) is 3.04. The standard InChI is InChI=1S/C16H15ClN2O2S2/c1-21-8-7-19-15(20)13-11(10-5-3-4-6-12(10)17)9-23-14(13)18-16(19)22-2/h3-6,9H,7-8H2,1-2H3. The molecule has 2 heterocycles. The second-order valence-corrected chi connectivity index (χ2v) is 6.90. The van der Waals surface area contributed by atoms with Crippen LogP contribution in [0.25, 0.3) is 21.3 Å². The number of nitrogens with zero attached hydrogens (tertiary/aromatic N) is 2. The maximum absolute atomic E-state index is 13.0. The first-order valence-corrected chi connectivity index (χ1v) is 9.45. The minimum absolute atomic E-state index is 0.0485. The molecule has 2 aromatic heterocycles. The summed E-state index contributed by atoms with van der Waals surface area (Å²) in [5.74, 6) is 0. The summed E-state index contributed by atoms with van der Waals surface area (Å²) in [6.07, 6.45) is 1.92. The highest BCUT2D eigenvalue weighted by Crippen LogP contribution is 2.35. The van der Waals surface area contributed by atoms with Crippen LogP contribution in [0.1, 0.15) is 0 Å². The minimum atomic E-state index is -0.0485. The van der Waals surface area contributed by atoms with Crippen LogP contribution in [0.5, 0.6) is 0 Å². The highest BCUT2D eigenvalue weighted by molar-refractivity contribution is 7.98. The fourth-order valence-corrected chi connectivity index (χ4v) is 4.22. The average Bonchev–Trinajstić information content (AvgIpc) is 2.98. The van der Waals surface area contributed by atoms with Crippen LogP contribution in [0.3, 0.4) is 0 Å².